The molecule has 1 N–H and O–H groups in total. The highest BCUT2D eigenvalue weighted by molar-refractivity contribution is 5.92. The van der Waals surface area contributed by atoms with Crippen molar-refractivity contribution in [3.8, 4) is 5.82 Å². The Balaban J connectivity index is 2.20. The topological polar surface area (TPSA) is 59.8 Å². The molecule has 100 valence electrons. The summed E-state index contributed by atoms with van der Waals surface area (Å²) in [5, 5.41) is 7.02. The van der Waals surface area contributed by atoms with Gasteiger partial charge in [-0.05, 0) is 23.6 Å². The summed E-state index contributed by atoms with van der Waals surface area (Å²) in [4.78, 5) is 16.2. The molecule has 0 radical (unpaired) electrons. The van der Waals surface area contributed by atoms with E-state index in [9.17, 15) is 4.79 Å². The molecular weight excluding hydrogens is 240 g/mol. The number of hydrogen-bond acceptors (Lipinski definition) is 3. The molecule has 0 spiro atoms. The first-order chi connectivity index (χ1) is 8.96. The Morgan fingerprint density at radius 3 is 2.74 bits per heavy atom. The highest BCUT2D eigenvalue weighted by Crippen LogP contribution is 2.21. The molecule has 0 aliphatic heterocycles. The van der Waals surface area contributed by atoms with Gasteiger partial charge in [0.15, 0.2) is 5.82 Å². The first-order valence-corrected chi connectivity index (χ1v) is 6.21. The second-order valence-electron chi connectivity index (χ2n) is 5.61. The average Bonchev–Trinajstić information content (AvgIpc) is 2.80. The van der Waals surface area contributed by atoms with Gasteiger partial charge < -0.3 is 5.32 Å². The van der Waals surface area contributed by atoms with E-state index in [4.69, 9.17) is 0 Å². The molecule has 5 nitrogen and oxygen atoms in total. The molecule has 0 fully saturated rings. The predicted octanol–water partition coefficient (Wildman–Crippen LogP) is 2.64. The fourth-order valence-electron chi connectivity index (χ4n) is 1.75. The monoisotopic (exact) mass is 258 g/mol. The second kappa shape index (κ2) is 5.22. The summed E-state index contributed by atoms with van der Waals surface area (Å²) in [5.41, 5.74) is 0.624. The van der Waals surface area contributed by atoms with E-state index in [1.54, 1.807) is 29.3 Å². The van der Waals surface area contributed by atoms with Crippen LogP contribution in [0.3, 0.4) is 0 Å². The Morgan fingerprint density at radius 1 is 1.32 bits per heavy atom. The van der Waals surface area contributed by atoms with Crippen LogP contribution in [0.15, 0.2) is 36.8 Å². The molecule has 2 rings (SSSR count). The van der Waals surface area contributed by atoms with Gasteiger partial charge in [0, 0.05) is 25.0 Å². The molecule has 2 aromatic rings. The summed E-state index contributed by atoms with van der Waals surface area (Å²) in [5.74, 6) is 0.601. The second-order valence-corrected chi connectivity index (χ2v) is 5.61. The zero-order valence-electron chi connectivity index (χ0n) is 11.4. The van der Waals surface area contributed by atoms with Gasteiger partial charge in [0.2, 0.25) is 5.91 Å². The number of aromatic nitrogens is 3. The Morgan fingerprint density at radius 2 is 2.11 bits per heavy atom. The van der Waals surface area contributed by atoms with Gasteiger partial charge in [0.05, 0.1) is 5.69 Å². The van der Waals surface area contributed by atoms with Gasteiger partial charge in [-0.15, -0.1) is 0 Å². The van der Waals surface area contributed by atoms with Crippen molar-refractivity contribution in [1.29, 1.82) is 0 Å². The van der Waals surface area contributed by atoms with Gasteiger partial charge >= 0.3 is 0 Å². The van der Waals surface area contributed by atoms with Gasteiger partial charge in [0.1, 0.15) is 0 Å². The van der Waals surface area contributed by atoms with E-state index in [1.165, 1.54) is 0 Å². The molecule has 0 atom stereocenters. The highest BCUT2D eigenvalue weighted by Gasteiger charge is 2.17. The Labute approximate surface area is 112 Å². The first-order valence-electron chi connectivity index (χ1n) is 6.21. The number of amides is 1. The molecule has 0 unspecified atom stereocenters. The van der Waals surface area contributed by atoms with Crippen molar-refractivity contribution in [2.45, 2.75) is 27.2 Å². The van der Waals surface area contributed by atoms with Crippen molar-refractivity contribution in [3.05, 3.63) is 36.8 Å². The third-order valence-electron chi connectivity index (χ3n) is 2.47. The van der Waals surface area contributed by atoms with Crippen LogP contribution in [0.2, 0.25) is 0 Å². The number of hydrogen-bond donors (Lipinski definition) is 1. The van der Waals surface area contributed by atoms with E-state index in [1.807, 2.05) is 32.9 Å². The van der Waals surface area contributed by atoms with Crippen LogP contribution in [0.4, 0.5) is 5.69 Å². The van der Waals surface area contributed by atoms with Crippen molar-refractivity contribution < 1.29 is 4.79 Å². The molecule has 0 saturated heterocycles. The Kier molecular flexibility index (Phi) is 3.64. The fraction of sp³-hybridized carbons (Fsp3) is 0.357. The third kappa shape index (κ3) is 3.64. The minimum absolute atomic E-state index is 0.0195. The maximum atomic E-state index is 12.0. The molecule has 2 heterocycles. The van der Waals surface area contributed by atoms with E-state index in [0.717, 1.165) is 0 Å². The van der Waals surface area contributed by atoms with Crippen LogP contribution >= 0.6 is 0 Å². The quantitative estimate of drug-likeness (QED) is 0.920. The van der Waals surface area contributed by atoms with Gasteiger partial charge in [0.25, 0.3) is 0 Å². The smallest absolute Gasteiger partial charge is 0.224 e. The zero-order chi connectivity index (χ0) is 13.9. The highest BCUT2D eigenvalue weighted by atomic mass is 16.1. The van der Waals surface area contributed by atoms with Crippen LogP contribution in [-0.4, -0.2) is 20.7 Å². The summed E-state index contributed by atoms with van der Waals surface area (Å²) in [6.45, 7) is 6.10. The lowest BCUT2D eigenvalue weighted by Gasteiger charge is -2.18. The normalized spacial score (nSPS) is 11.3. The summed E-state index contributed by atoms with van der Waals surface area (Å²) in [6, 6.07) is 5.43. The largest absolute Gasteiger partial charge is 0.323 e. The van der Waals surface area contributed by atoms with E-state index >= 15 is 0 Å². The van der Waals surface area contributed by atoms with Crippen LogP contribution in [0.25, 0.3) is 5.82 Å². The van der Waals surface area contributed by atoms with E-state index in [-0.39, 0.29) is 11.3 Å². The van der Waals surface area contributed by atoms with Gasteiger partial charge in [-0.25, -0.2) is 9.67 Å². The number of carbonyl (C=O) groups excluding carboxylic acids is 1. The third-order valence-corrected chi connectivity index (χ3v) is 2.47. The minimum atomic E-state index is -0.0435. The lowest BCUT2D eigenvalue weighted by molar-refractivity contribution is -0.117. The van der Waals surface area contributed by atoms with Crippen LogP contribution in [0.5, 0.6) is 0 Å². The summed E-state index contributed by atoms with van der Waals surface area (Å²) in [6.07, 6.45) is 5.61. The molecular formula is C14H18N4O. The maximum absolute atomic E-state index is 12.0. The molecule has 5 heteroatoms. The number of carbonyl (C=O) groups is 1. The van der Waals surface area contributed by atoms with E-state index in [0.29, 0.717) is 17.9 Å². The predicted molar refractivity (Wildman–Crippen MR) is 74.1 cm³/mol. The number of rotatable bonds is 3. The molecule has 0 aliphatic carbocycles. The molecule has 1 amide bonds. The average molecular weight is 258 g/mol. The fourth-order valence-corrected chi connectivity index (χ4v) is 1.75. The first kappa shape index (κ1) is 13.3. The van der Waals surface area contributed by atoms with Gasteiger partial charge in [-0.1, -0.05) is 20.8 Å². The standard InChI is InChI=1S/C14H18N4O/c1-14(2,3)10-12(19)17-11-6-4-7-15-13(11)18-9-5-8-16-18/h4-9H,10H2,1-3H3,(H,17,19). The Hall–Kier alpha value is -2.17. The number of nitrogens with zero attached hydrogens (tertiary/aromatic N) is 3. The Bertz CT molecular complexity index is 555. The summed E-state index contributed by atoms with van der Waals surface area (Å²) < 4.78 is 1.63. The van der Waals surface area contributed by atoms with Gasteiger partial charge in [-0.2, -0.15) is 5.10 Å². The molecule has 0 aromatic carbocycles. The minimum Gasteiger partial charge on any atom is -0.323 e. The zero-order valence-corrected chi connectivity index (χ0v) is 11.4. The number of nitrogens with one attached hydrogen (secondary N) is 1. The molecule has 19 heavy (non-hydrogen) atoms. The van der Waals surface area contributed by atoms with Crippen molar-refractivity contribution in [3.63, 3.8) is 0 Å². The molecule has 2 aromatic heterocycles. The van der Waals surface area contributed by atoms with Crippen molar-refractivity contribution in [1.82, 2.24) is 14.8 Å². The maximum Gasteiger partial charge on any atom is 0.224 e. The van der Waals surface area contributed by atoms with E-state index < -0.39 is 0 Å². The molecule has 0 saturated carbocycles. The van der Waals surface area contributed by atoms with E-state index in [2.05, 4.69) is 15.4 Å². The SMILES string of the molecule is CC(C)(C)CC(=O)Nc1cccnc1-n1cccn1. The van der Waals surface area contributed by atoms with Crippen molar-refractivity contribution in [2.75, 3.05) is 5.32 Å². The van der Waals surface area contributed by atoms with Crippen LogP contribution in [0.1, 0.15) is 27.2 Å². The van der Waals surface area contributed by atoms with Crippen LogP contribution < -0.4 is 5.32 Å². The van der Waals surface area contributed by atoms with Crippen LogP contribution in [-0.2, 0) is 4.79 Å². The molecule has 0 aliphatic rings. The lowest BCUT2D eigenvalue weighted by atomic mass is 9.92. The number of anilines is 1. The van der Waals surface area contributed by atoms with Crippen molar-refractivity contribution in [2.24, 2.45) is 5.41 Å². The number of pyridine rings is 1. The lowest BCUT2D eigenvalue weighted by Crippen LogP contribution is -2.20. The summed E-state index contributed by atoms with van der Waals surface area (Å²) >= 11 is 0. The van der Waals surface area contributed by atoms with Gasteiger partial charge in [-0.3, -0.25) is 4.79 Å². The molecule has 0 bridgehead atoms. The van der Waals surface area contributed by atoms with Crippen LogP contribution in [0, 0.1) is 5.41 Å². The summed E-state index contributed by atoms with van der Waals surface area (Å²) in [7, 11) is 0. The van der Waals surface area contributed by atoms with Crippen molar-refractivity contribution >= 4 is 11.6 Å².